The molecule has 0 aliphatic heterocycles. The van der Waals surface area contributed by atoms with Crippen molar-refractivity contribution < 1.29 is 14.6 Å². The SMILES string of the molecule is COc1ccc(C(O)/C2=C/CCCCCC2)c(OC)c1. The van der Waals surface area contributed by atoms with Crippen molar-refractivity contribution in [1.82, 2.24) is 0 Å². The van der Waals surface area contributed by atoms with Gasteiger partial charge in [-0.15, -0.1) is 0 Å². The zero-order chi connectivity index (χ0) is 14.4. The summed E-state index contributed by atoms with van der Waals surface area (Å²) in [7, 11) is 3.25. The highest BCUT2D eigenvalue weighted by Crippen LogP contribution is 2.35. The third-order valence-electron chi connectivity index (χ3n) is 3.91. The summed E-state index contributed by atoms with van der Waals surface area (Å²) in [5.41, 5.74) is 1.94. The molecule has 0 fully saturated rings. The molecule has 0 saturated heterocycles. The Bertz CT molecular complexity index is 465. The van der Waals surface area contributed by atoms with Crippen LogP contribution in [0.25, 0.3) is 0 Å². The molecule has 2 rings (SSSR count). The second kappa shape index (κ2) is 7.34. The molecule has 0 bridgehead atoms. The van der Waals surface area contributed by atoms with E-state index in [9.17, 15) is 5.11 Å². The van der Waals surface area contributed by atoms with Gasteiger partial charge >= 0.3 is 0 Å². The van der Waals surface area contributed by atoms with E-state index in [-0.39, 0.29) is 0 Å². The van der Waals surface area contributed by atoms with E-state index >= 15 is 0 Å². The molecular formula is C17H24O3. The van der Waals surface area contributed by atoms with Gasteiger partial charge in [0.05, 0.1) is 14.2 Å². The van der Waals surface area contributed by atoms with Gasteiger partial charge in [0.15, 0.2) is 0 Å². The molecule has 20 heavy (non-hydrogen) atoms. The number of allylic oxidation sites excluding steroid dienone is 1. The van der Waals surface area contributed by atoms with Crippen molar-refractivity contribution in [2.24, 2.45) is 0 Å². The number of hydrogen-bond acceptors (Lipinski definition) is 3. The number of methoxy groups -OCH3 is 2. The summed E-state index contributed by atoms with van der Waals surface area (Å²) < 4.78 is 10.6. The molecule has 1 aliphatic carbocycles. The van der Waals surface area contributed by atoms with Crippen LogP contribution in [0.2, 0.25) is 0 Å². The van der Waals surface area contributed by atoms with E-state index < -0.39 is 6.10 Å². The van der Waals surface area contributed by atoms with Crippen molar-refractivity contribution >= 4 is 0 Å². The van der Waals surface area contributed by atoms with Crippen LogP contribution in [0.5, 0.6) is 11.5 Å². The molecule has 1 aliphatic rings. The quantitative estimate of drug-likeness (QED) is 0.844. The van der Waals surface area contributed by atoms with Crippen LogP contribution < -0.4 is 9.47 Å². The zero-order valence-corrected chi connectivity index (χ0v) is 12.4. The largest absolute Gasteiger partial charge is 0.497 e. The van der Waals surface area contributed by atoms with Crippen LogP contribution in [0.3, 0.4) is 0 Å². The Kier molecular flexibility index (Phi) is 5.48. The molecule has 0 spiro atoms. The molecule has 3 heteroatoms. The standard InChI is InChI=1S/C17H24O3/c1-19-14-10-11-15(16(12-14)20-2)17(18)13-8-6-4-3-5-7-9-13/h8,10-12,17-18H,3-7,9H2,1-2H3/b13-8+. The number of ether oxygens (including phenoxy) is 2. The minimum absolute atomic E-state index is 0.575. The van der Waals surface area contributed by atoms with E-state index in [0.717, 1.165) is 36.1 Å². The molecule has 0 saturated carbocycles. The Balaban J connectivity index is 2.24. The summed E-state index contributed by atoms with van der Waals surface area (Å²) in [5, 5.41) is 10.6. The lowest BCUT2D eigenvalue weighted by Gasteiger charge is -2.20. The molecule has 0 aromatic heterocycles. The van der Waals surface area contributed by atoms with Gasteiger partial charge in [0, 0.05) is 11.6 Å². The Morgan fingerprint density at radius 2 is 1.85 bits per heavy atom. The molecule has 1 aromatic rings. The van der Waals surface area contributed by atoms with Crippen molar-refractivity contribution in [3.63, 3.8) is 0 Å². The Hall–Kier alpha value is -1.48. The van der Waals surface area contributed by atoms with Crippen LogP contribution in [-0.4, -0.2) is 19.3 Å². The lowest BCUT2D eigenvalue weighted by atomic mass is 9.92. The van der Waals surface area contributed by atoms with E-state index in [1.165, 1.54) is 19.3 Å². The third-order valence-corrected chi connectivity index (χ3v) is 3.91. The molecule has 1 aromatic carbocycles. The molecule has 1 unspecified atom stereocenters. The lowest BCUT2D eigenvalue weighted by molar-refractivity contribution is 0.204. The molecule has 0 heterocycles. The van der Waals surface area contributed by atoms with Gasteiger partial charge in [-0.3, -0.25) is 0 Å². The van der Waals surface area contributed by atoms with Gasteiger partial charge in [0.2, 0.25) is 0 Å². The lowest BCUT2D eigenvalue weighted by Crippen LogP contribution is -2.06. The average molecular weight is 276 g/mol. The normalized spacial score (nSPS) is 20.2. The highest BCUT2D eigenvalue weighted by molar-refractivity contribution is 5.44. The summed E-state index contributed by atoms with van der Waals surface area (Å²) >= 11 is 0. The van der Waals surface area contributed by atoms with E-state index in [1.807, 2.05) is 18.2 Å². The minimum atomic E-state index is -0.575. The predicted octanol–water partition coefficient (Wildman–Crippen LogP) is 4.02. The number of benzene rings is 1. The highest BCUT2D eigenvalue weighted by atomic mass is 16.5. The van der Waals surface area contributed by atoms with Gasteiger partial charge in [-0.25, -0.2) is 0 Å². The Morgan fingerprint density at radius 3 is 2.60 bits per heavy atom. The molecule has 110 valence electrons. The van der Waals surface area contributed by atoms with Gasteiger partial charge in [-0.05, 0) is 43.4 Å². The summed E-state index contributed by atoms with van der Waals surface area (Å²) in [5.74, 6) is 1.42. The first-order chi connectivity index (χ1) is 9.76. The van der Waals surface area contributed by atoms with Crippen LogP contribution in [0.15, 0.2) is 29.8 Å². The molecule has 1 atom stereocenters. The van der Waals surface area contributed by atoms with Crippen LogP contribution in [-0.2, 0) is 0 Å². The number of hydrogen-bond donors (Lipinski definition) is 1. The zero-order valence-electron chi connectivity index (χ0n) is 12.4. The Morgan fingerprint density at radius 1 is 1.05 bits per heavy atom. The van der Waals surface area contributed by atoms with Crippen LogP contribution in [0.1, 0.15) is 50.2 Å². The molecule has 0 radical (unpaired) electrons. The first-order valence-electron chi connectivity index (χ1n) is 7.35. The number of aliphatic hydroxyl groups excluding tert-OH is 1. The molecule has 1 N–H and O–H groups in total. The summed E-state index contributed by atoms with van der Waals surface area (Å²) in [6, 6.07) is 5.58. The van der Waals surface area contributed by atoms with Gasteiger partial charge in [-0.1, -0.05) is 18.9 Å². The highest BCUT2D eigenvalue weighted by Gasteiger charge is 2.18. The van der Waals surface area contributed by atoms with Crippen molar-refractivity contribution in [3.05, 3.63) is 35.4 Å². The van der Waals surface area contributed by atoms with Crippen molar-refractivity contribution in [1.29, 1.82) is 0 Å². The monoisotopic (exact) mass is 276 g/mol. The first-order valence-corrected chi connectivity index (χ1v) is 7.35. The van der Waals surface area contributed by atoms with Gasteiger partial charge in [0.1, 0.15) is 17.6 Å². The number of rotatable bonds is 4. The maximum atomic E-state index is 10.6. The summed E-state index contributed by atoms with van der Waals surface area (Å²) in [4.78, 5) is 0. The Labute approximate surface area is 121 Å². The fourth-order valence-electron chi connectivity index (χ4n) is 2.71. The topological polar surface area (TPSA) is 38.7 Å². The summed E-state index contributed by atoms with van der Waals surface area (Å²) in [6.07, 6.45) is 8.58. The van der Waals surface area contributed by atoms with E-state index in [0.29, 0.717) is 5.75 Å². The van der Waals surface area contributed by atoms with Gasteiger partial charge in [0.25, 0.3) is 0 Å². The second-order valence-corrected chi connectivity index (χ2v) is 5.24. The summed E-state index contributed by atoms with van der Waals surface area (Å²) in [6.45, 7) is 0. The van der Waals surface area contributed by atoms with Crippen molar-refractivity contribution in [2.45, 2.75) is 44.6 Å². The van der Waals surface area contributed by atoms with Crippen molar-refractivity contribution in [2.75, 3.05) is 14.2 Å². The van der Waals surface area contributed by atoms with Crippen molar-refractivity contribution in [3.8, 4) is 11.5 Å². The maximum absolute atomic E-state index is 10.6. The minimum Gasteiger partial charge on any atom is -0.497 e. The van der Waals surface area contributed by atoms with E-state index in [1.54, 1.807) is 14.2 Å². The fraction of sp³-hybridized carbons (Fsp3) is 0.529. The number of aliphatic hydroxyl groups is 1. The fourth-order valence-corrected chi connectivity index (χ4v) is 2.71. The predicted molar refractivity (Wildman–Crippen MR) is 80.3 cm³/mol. The van der Waals surface area contributed by atoms with Crippen LogP contribution >= 0.6 is 0 Å². The third kappa shape index (κ3) is 3.54. The van der Waals surface area contributed by atoms with E-state index in [4.69, 9.17) is 9.47 Å². The average Bonchev–Trinajstić information content (AvgIpc) is 2.45. The van der Waals surface area contributed by atoms with Crippen LogP contribution in [0, 0.1) is 0 Å². The second-order valence-electron chi connectivity index (χ2n) is 5.24. The molecule has 3 nitrogen and oxygen atoms in total. The smallest absolute Gasteiger partial charge is 0.128 e. The van der Waals surface area contributed by atoms with Gasteiger partial charge in [-0.2, -0.15) is 0 Å². The molecular weight excluding hydrogens is 252 g/mol. The van der Waals surface area contributed by atoms with Gasteiger partial charge < -0.3 is 14.6 Å². The van der Waals surface area contributed by atoms with Crippen LogP contribution in [0.4, 0.5) is 0 Å². The first kappa shape index (κ1) is 14.9. The van der Waals surface area contributed by atoms with E-state index in [2.05, 4.69) is 6.08 Å². The maximum Gasteiger partial charge on any atom is 0.128 e. The molecule has 0 amide bonds.